The monoisotopic (exact) mass is 433 g/mol. The van der Waals surface area contributed by atoms with Gasteiger partial charge in [-0.05, 0) is 37.4 Å². The van der Waals surface area contributed by atoms with Crippen LogP contribution in [-0.2, 0) is 16.4 Å². The first kappa shape index (κ1) is 20.7. The summed E-state index contributed by atoms with van der Waals surface area (Å²) in [7, 11) is -2.12. The van der Waals surface area contributed by atoms with Gasteiger partial charge in [-0.1, -0.05) is 11.6 Å². The van der Waals surface area contributed by atoms with E-state index in [1.54, 1.807) is 19.2 Å². The number of rotatable bonds is 5. The van der Waals surface area contributed by atoms with Crippen molar-refractivity contribution in [3.05, 3.63) is 58.7 Å². The zero-order valence-corrected chi connectivity index (χ0v) is 16.6. The third-order valence-corrected chi connectivity index (χ3v) is 7.04. The van der Waals surface area contributed by atoms with E-state index in [1.807, 2.05) is 0 Å². The Labute approximate surface area is 165 Å². The highest BCUT2D eigenvalue weighted by molar-refractivity contribution is 7.93. The number of hydrogen-bond acceptors (Lipinski definition) is 6. The molecule has 5 nitrogen and oxygen atoms in total. The van der Waals surface area contributed by atoms with E-state index >= 15 is 0 Å². The summed E-state index contributed by atoms with van der Waals surface area (Å²) in [5.41, 5.74) is 0.428. The summed E-state index contributed by atoms with van der Waals surface area (Å²) in [6.45, 7) is 0.466. The average molecular weight is 434 g/mol. The smallest absolute Gasteiger partial charge is 0.220 e. The summed E-state index contributed by atoms with van der Waals surface area (Å²) in [6.07, 6.45) is 2.51. The van der Waals surface area contributed by atoms with Crippen molar-refractivity contribution in [2.45, 2.75) is 15.6 Å². The Balaban J connectivity index is 0.00000243. The molecule has 0 aromatic carbocycles. The summed E-state index contributed by atoms with van der Waals surface area (Å²) in [5, 5.41) is 3.16. The van der Waals surface area contributed by atoms with Crippen LogP contribution in [0.15, 0.2) is 51.8 Å². The second-order valence-electron chi connectivity index (χ2n) is 5.11. The summed E-state index contributed by atoms with van der Waals surface area (Å²) >= 11 is 6.82. The number of hydrogen-bond donors (Lipinski definition) is 1. The molecule has 0 fully saturated rings. The predicted octanol–water partition coefficient (Wildman–Crippen LogP) is 3.97. The largest absolute Gasteiger partial charge is 0.315 e. The van der Waals surface area contributed by atoms with E-state index in [-0.39, 0.29) is 37.8 Å². The number of halogens is 3. The Morgan fingerprint density at radius 2 is 2.00 bits per heavy atom. The average Bonchev–Trinajstić information content (AvgIpc) is 3.00. The van der Waals surface area contributed by atoms with Gasteiger partial charge in [0.15, 0.2) is 0 Å². The van der Waals surface area contributed by atoms with Crippen molar-refractivity contribution in [3.8, 4) is 11.1 Å². The van der Waals surface area contributed by atoms with Crippen molar-refractivity contribution in [3.63, 3.8) is 0 Å². The molecule has 0 aliphatic rings. The molecule has 0 aliphatic heterocycles. The van der Waals surface area contributed by atoms with E-state index < -0.39 is 15.8 Å². The summed E-state index contributed by atoms with van der Waals surface area (Å²) in [5.74, 6) is -0.720. The molecule has 3 aromatic heterocycles. The second-order valence-corrected chi connectivity index (χ2v) is 8.77. The lowest BCUT2D eigenvalue weighted by Crippen LogP contribution is -2.03. The minimum absolute atomic E-state index is 0. The van der Waals surface area contributed by atoms with Crippen molar-refractivity contribution in [2.75, 3.05) is 7.05 Å². The minimum atomic E-state index is -3.87. The molecule has 0 spiro atoms. The van der Waals surface area contributed by atoms with Gasteiger partial charge in [-0.25, -0.2) is 18.4 Å². The van der Waals surface area contributed by atoms with Gasteiger partial charge in [-0.3, -0.25) is 0 Å². The van der Waals surface area contributed by atoms with Gasteiger partial charge in [0, 0.05) is 34.9 Å². The molecule has 138 valence electrons. The van der Waals surface area contributed by atoms with Crippen LogP contribution in [0.3, 0.4) is 0 Å². The van der Waals surface area contributed by atoms with Crippen molar-refractivity contribution in [1.29, 1.82) is 0 Å². The third-order valence-electron chi connectivity index (χ3n) is 3.40. The van der Waals surface area contributed by atoms with Crippen LogP contribution in [0.5, 0.6) is 0 Å². The van der Waals surface area contributed by atoms with Gasteiger partial charge < -0.3 is 5.32 Å². The van der Waals surface area contributed by atoms with E-state index in [9.17, 15) is 12.8 Å². The van der Waals surface area contributed by atoms with Crippen molar-refractivity contribution in [1.82, 2.24) is 15.3 Å². The van der Waals surface area contributed by atoms with Crippen LogP contribution >= 0.6 is 35.3 Å². The zero-order chi connectivity index (χ0) is 18.0. The molecule has 0 atom stereocenters. The zero-order valence-electron chi connectivity index (χ0n) is 13.4. The number of sulfone groups is 1. The predicted molar refractivity (Wildman–Crippen MR) is 102 cm³/mol. The van der Waals surface area contributed by atoms with E-state index in [0.29, 0.717) is 6.54 Å². The molecule has 3 aromatic rings. The molecule has 0 unspecified atom stereocenters. The first-order chi connectivity index (χ1) is 11.9. The van der Waals surface area contributed by atoms with E-state index in [4.69, 9.17) is 11.6 Å². The maximum Gasteiger partial charge on any atom is 0.220 e. The summed E-state index contributed by atoms with van der Waals surface area (Å²) in [6, 6.07) is 7.52. The summed E-state index contributed by atoms with van der Waals surface area (Å²) < 4.78 is 40.3. The molecule has 3 heterocycles. The molecule has 26 heavy (non-hydrogen) atoms. The Morgan fingerprint density at radius 3 is 2.62 bits per heavy atom. The van der Waals surface area contributed by atoms with Crippen molar-refractivity contribution in [2.24, 2.45) is 0 Å². The SMILES string of the molecule is CNCc1cc(-c2cccnc2F)c(S(=O)(=O)c2ccc(Cl)nc2)s1.Cl. The fourth-order valence-electron chi connectivity index (χ4n) is 2.29. The van der Waals surface area contributed by atoms with E-state index in [1.165, 1.54) is 30.6 Å². The molecule has 3 rings (SSSR count). The number of nitrogens with one attached hydrogen (secondary N) is 1. The van der Waals surface area contributed by atoms with E-state index in [0.717, 1.165) is 16.2 Å². The maximum absolute atomic E-state index is 14.1. The van der Waals surface area contributed by atoms with Crippen LogP contribution in [0.2, 0.25) is 5.15 Å². The van der Waals surface area contributed by atoms with Crippen molar-refractivity contribution < 1.29 is 12.8 Å². The second kappa shape index (κ2) is 8.41. The standard InChI is InChI=1S/C16H13ClFN3O2S2.ClH/c1-19-8-10-7-13(12-3-2-6-20-15(12)18)16(24-10)25(22,23)11-4-5-14(17)21-9-11;/h2-7,9,19H,8H2,1H3;1H. The fourth-order valence-corrected chi connectivity index (χ4v) is 5.47. The van der Waals surface area contributed by atoms with Gasteiger partial charge in [-0.2, -0.15) is 4.39 Å². The van der Waals surface area contributed by atoms with Crippen LogP contribution in [0.1, 0.15) is 4.88 Å². The lowest BCUT2D eigenvalue weighted by atomic mass is 10.1. The van der Waals surface area contributed by atoms with Gasteiger partial charge in [0.2, 0.25) is 15.8 Å². The Morgan fingerprint density at radius 1 is 1.23 bits per heavy atom. The first-order valence-electron chi connectivity index (χ1n) is 7.18. The Bertz CT molecular complexity index is 1010. The van der Waals surface area contributed by atoms with E-state index in [2.05, 4.69) is 15.3 Å². The number of thiophene rings is 1. The topological polar surface area (TPSA) is 72.0 Å². The van der Waals surface area contributed by atoms with Crippen LogP contribution in [0, 0.1) is 5.95 Å². The molecule has 10 heteroatoms. The normalized spacial score (nSPS) is 11.2. The third kappa shape index (κ3) is 4.05. The molecule has 1 N–H and O–H groups in total. The van der Waals surface area contributed by atoms with Gasteiger partial charge in [0.1, 0.15) is 9.36 Å². The molecule has 0 amide bonds. The van der Waals surface area contributed by atoms with Crippen LogP contribution in [-0.4, -0.2) is 25.4 Å². The number of nitrogens with zero attached hydrogens (tertiary/aromatic N) is 2. The van der Waals surface area contributed by atoms with Crippen LogP contribution in [0.4, 0.5) is 4.39 Å². The molecule has 0 aliphatic carbocycles. The first-order valence-corrected chi connectivity index (χ1v) is 9.86. The quantitative estimate of drug-likeness (QED) is 0.616. The van der Waals surface area contributed by atoms with Crippen LogP contribution in [0.25, 0.3) is 11.1 Å². The molecule has 0 saturated heterocycles. The highest BCUT2D eigenvalue weighted by Gasteiger charge is 2.27. The number of aromatic nitrogens is 2. The summed E-state index contributed by atoms with van der Waals surface area (Å²) in [4.78, 5) is 8.21. The highest BCUT2D eigenvalue weighted by Crippen LogP contribution is 2.39. The number of pyridine rings is 2. The Kier molecular flexibility index (Phi) is 6.70. The molecule has 0 saturated carbocycles. The van der Waals surface area contributed by atoms with Gasteiger partial charge in [0.25, 0.3) is 0 Å². The van der Waals surface area contributed by atoms with Gasteiger partial charge in [0.05, 0.1) is 4.90 Å². The highest BCUT2D eigenvalue weighted by atomic mass is 35.5. The lowest BCUT2D eigenvalue weighted by molar-refractivity contribution is 0.587. The molecule has 0 bridgehead atoms. The van der Waals surface area contributed by atoms with Gasteiger partial charge >= 0.3 is 0 Å². The van der Waals surface area contributed by atoms with Crippen molar-refractivity contribution >= 4 is 45.2 Å². The molecule has 0 radical (unpaired) electrons. The molecular formula is C16H14Cl2FN3O2S2. The van der Waals surface area contributed by atoms with Gasteiger partial charge in [-0.15, -0.1) is 23.7 Å². The fraction of sp³-hybridized carbons (Fsp3) is 0.125. The molecular weight excluding hydrogens is 420 g/mol. The van der Waals surface area contributed by atoms with Crippen LogP contribution < -0.4 is 5.32 Å². The lowest BCUT2D eigenvalue weighted by Gasteiger charge is -2.06. The maximum atomic E-state index is 14.1. The minimum Gasteiger partial charge on any atom is -0.315 e. The Hall–Kier alpha value is -1.58.